The Balaban J connectivity index is 1.53. The molecule has 3 fully saturated rings. The molecule has 0 radical (unpaired) electrons. The van der Waals surface area contributed by atoms with Crippen LogP contribution in [0.25, 0.3) is 0 Å². The topological polar surface area (TPSA) is 43.8 Å². The molecule has 1 amide bonds. The zero-order valence-electron chi connectivity index (χ0n) is 16.5. The molecule has 1 aromatic carbocycles. The molecular formula is C23H34N2O2. The largest absolute Gasteiger partial charge is 0.396 e. The molecule has 0 unspecified atom stereocenters. The minimum atomic E-state index is -0.248. The second-order valence-electron chi connectivity index (χ2n) is 9.08. The molecule has 4 rings (SSSR count). The van der Waals surface area contributed by atoms with Crippen molar-refractivity contribution >= 4 is 5.91 Å². The van der Waals surface area contributed by atoms with Gasteiger partial charge in [-0.1, -0.05) is 43.2 Å². The lowest BCUT2D eigenvalue weighted by Gasteiger charge is -2.47. The summed E-state index contributed by atoms with van der Waals surface area (Å²) < 4.78 is 0. The van der Waals surface area contributed by atoms with Crippen LogP contribution in [0.2, 0.25) is 0 Å². The molecule has 0 aromatic heterocycles. The number of piperidine rings is 1. The van der Waals surface area contributed by atoms with Crippen molar-refractivity contribution in [3.63, 3.8) is 0 Å². The molecule has 27 heavy (non-hydrogen) atoms. The third-order valence-corrected chi connectivity index (χ3v) is 7.25. The maximum absolute atomic E-state index is 13.8. The Morgan fingerprint density at radius 2 is 1.63 bits per heavy atom. The van der Waals surface area contributed by atoms with Crippen molar-refractivity contribution in [3.8, 4) is 0 Å². The number of benzene rings is 1. The Hall–Kier alpha value is -1.39. The first-order valence-electron chi connectivity index (χ1n) is 10.9. The maximum Gasteiger partial charge on any atom is 0.243 e. The Bertz CT molecular complexity index is 635. The monoisotopic (exact) mass is 370 g/mol. The van der Waals surface area contributed by atoms with Gasteiger partial charge in [0, 0.05) is 18.5 Å². The summed E-state index contributed by atoms with van der Waals surface area (Å²) in [4.78, 5) is 18.4. The molecule has 3 aliphatic rings. The fourth-order valence-corrected chi connectivity index (χ4v) is 5.80. The first-order valence-corrected chi connectivity index (χ1v) is 10.9. The van der Waals surface area contributed by atoms with E-state index < -0.39 is 0 Å². The lowest BCUT2D eigenvalue weighted by molar-refractivity contribution is -0.148. The van der Waals surface area contributed by atoms with Crippen molar-refractivity contribution in [2.24, 2.45) is 5.41 Å². The molecule has 0 spiro atoms. The maximum atomic E-state index is 13.8. The zero-order valence-corrected chi connectivity index (χ0v) is 16.5. The number of likely N-dealkylation sites (tertiary alicyclic amines) is 2. The third kappa shape index (κ3) is 3.66. The highest BCUT2D eigenvalue weighted by Crippen LogP contribution is 2.41. The standard InChI is InChI=1S/C23H34N2O2/c26-19-22(17-20-9-2-1-3-10-20)11-8-14-24(18-22)21(27)23(12-4-5-13-23)25-15-6-7-16-25/h1-3,9-10,26H,4-8,11-19H2/t22-/m0/s1. The van der Waals surface area contributed by atoms with Crippen LogP contribution in [0.1, 0.15) is 56.9 Å². The highest BCUT2D eigenvalue weighted by Gasteiger charge is 2.50. The summed E-state index contributed by atoms with van der Waals surface area (Å²) in [5.74, 6) is 0.354. The summed E-state index contributed by atoms with van der Waals surface area (Å²) >= 11 is 0. The van der Waals surface area contributed by atoms with Crippen LogP contribution in [0.5, 0.6) is 0 Å². The number of rotatable bonds is 5. The van der Waals surface area contributed by atoms with Crippen LogP contribution in [-0.4, -0.2) is 59.1 Å². The highest BCUT2D eigenvalue weighted by atomic mass is 16.3. The number of hydrogen-bond donors (Lipinski definition) is 1. The summed E-state index contributed by atoms with van der Waals surface area (Å²) in [6, 6.07) is 10.4. The van der Waals surface area contributed by atoms with Gasteiger partial charge in [-0.15, -0.1) is 0 Å². The quantitative estimate of drug-likeness (QED) is 0.865. The van der Waals surface area contributed by atoms with Gasteiger partial charge in [0.15, 0.2) is 0 Å². The second kappa shape index (κ2) is 7.92. The molecule has 2 saturated heterocycles. The smallest absolute Gasteiger partial charge is 0.243 e. The van der Waals surface area contributed by atoms with Crippen LogP contribution in [-0.2, 0) is 11.2 Å². The van der Waals surface area contributed by atoms with Crippen LogP contribution in [0.3, 0.4) is 0 Å². The SMILES string of the molecule is O=C(N1CCC[C@](CO)(Cc2ccccc2)C1)C1(N2CCCC2)CCCC1. The Labute approximate surface area is 163 Å². The predicted molar refractivity (Wildman–Crippen MR) is 107 cm³/mol. The Morgan fingerprint density at radius 1 is 0.926 bits per heavy atom. The van der Waals surface area contributed by atoms with E-state index in [2.05, 4.69) is 34.1 Å². The van der Waals surface area contributed by atoms with Gasteiger partial charge in [0.2, 0.25) is 5.91 Å². The molecule has 148 valence electrons. The molecule has 4 nitrogen and oxygen atoms in total. The first-order chi connectivity index (χ1) is 13.2. The lowest BCUT2D eigenvalue weighted by atomic mass is 9.75. The Kier molecular flexibility index (Phi) is 5.56. The second-order valence-corrected chi connectivity index (χ2v) is 9.08. The number of amides is 1. The van der Waals surface area contributed by atoms with Crippen molar-refractivity contribution in [3.05, 3.63) is 35.9 Å². The van der Waals surface area contributed by atoms with Gasteiger partial charge in [0.25, 0.3) is 0 Å². The minimum Gasteiger partial charge on any atom is -0.396 e. The molecular weight excluding hydrogens is 336 g/mol. The van der Waals surface area contributed by atoms with Crippen molar-refractivity contribution in [2.45, 2.75) is 63.3 Å². The molecule has 1 N–H and O–H groups in total. The van der Waals surface area contributed by atoms with Gasteiger partial charge in [-0.25, -0.2) is 0 Å². The van der Waals surface area contributed by atoms with E-state index in [1.807, 2.05) is 6.07 Å². The van der Waals surface area contributed by atoms with Crippen molar-refractivity contribution < 1.29 is 9.90 Å². The number of nitrogens with zero attached hydrogens (tertiary/aromatic N) is 2. The number of hydrogen-bond acceptors (Lipinski definition) is 3. The Morgan fingerprint density at radius 3 is 2.30 bits per heavy atom. The summed E-state index contributed by atoms with van der Waals surface area (Å²) in [5.41, 5.74) is 0.818. The van der Waals surface area contributed by atoms with Crippen LogP contribution >= 0.6 is 0 Å². The van der Waals surface area contributed by atoms with E-state index in [0.717, 1.165) is 51.7 Å². The fraction of sp³-hybridized carbons (Fsp3) is 0.696. The molecule has 0 bridgehead atoms. The van der Waals surface area contributed by atoms with Gasteiger partial charge in [0.05, 0.1) is 6.61 Å². The lowest BCUT2D eigenvalue weighted by Crippen LogP contribution is -2.60. The van der Waals surface area contributed by atoms with Gasteiger partial charge in [-0.05, 0) is 63.6 Å². The highest BCUT2D eigenvalue weighted by molar-refractivity contribution is 5.87. The van der Waals surface area contributed by atoms with Gasteiger partial charge in [-0.3, -0.25) is 9.69 Å². The first kappa shape index (κ1) is 18.9. The number of carbonyl (C=O) groups is 1. The van der Waals surface area contributed by atoms with Crippen LogP contribution in [0.15, 0.2) is 30.3 Å². The molecule has 1 atom stereocenters. The van der Waals surface area contributed by atoms with Gasteiger partial charge in [-0.2, -0.15) is 0 Å². The summed E-state index contributed by atoms with van der Waals surface area (Å²) in [5, 5.41) is 10.3. The number of aliphatic hydroxyl groups excluding tert-OH is 1. The van der Waals surface area contributed by atoms with Gasteiger partial charge < -0.3 is 10.0 Å². The fourth-order valence-electron chi connectivity index (χ4n) is 5.80. The van der Waals surface area contributed by atoms with Crippen molar-refractivity contribution in [1.29, 1.82) is 0 Å². The molecule has 1 aliphatic carbocycles. The molecule has 2 heterocycles. The van der Waals surface area contributed by atoms with E-state index in [1.54, 1.807) is 0 Å². The average Bonchev–Trinajstić information content (AvgIpc) is 3.41. The molecule has 4 heteroatoms. The summed E-state index contributed by atoms with van der Waals surface area (Å²) in [7, 11) is 0. The molecule has 1 saturated carbocycles. The van der Waals surface area contributed by atoms with Gasteiger partial charge in [0.1, 0.15) is 5.54 Å². The zero-order chi connectivity index (χ0) is 18.7. The van der Waals surface area contributed by atoms with E-state index in [-0.39, 0.29) is 17.6 Å². The van der Waals surface area contributed by atoms with Crippen molar-refractivity contribution in [2.75, 3.05) is 32.8 Å². The normalized spacial score (nSPS) is 28.6. The summed E-state index contributed by atoms with van der Waals surface area (Å²) in [6.45, 7) is 3.86. The molecule has 2 aliphatic heterocycles. The van der Waals surface area contributed by atoms with Crippen LogP contribution in [0, 0.1) is 5.41 Å². The van der Waals surface area contributed by atoms with Crippen LogP contribution in [0.4, 0.5) is 0 Å². The van der Waals surface area contributed by atoms with Crippen molar-refractivity contribution in [1.82, 2.24) is 9.80 Å². The van der Waals surface area contributed by atoms with E-state index in [9.17, 15) is 9.90 Å². The van der Waals surface area contributed by atoms with E-state index in [1.165, 1.54) is 31.2 Å². The minimum absolute atomic E-state index is 0.155. The van der Waals surface area contributed by atoms with Crippen LogP contribution < -0.4 is 0 Å². The number of aliphatic hydroxyl groups is 1. The average molecular weight is 371 g/mol. The van der Waals surface area contributed by atoms with E-state index in [0.29, 0.717) is 12.5 Å². The number of carbonyl (C=O) groups excluding carboxylic acids is 1. The van der Waals surface area contributed by atoms with E-state index in [4.69, 9.17) is 0 Å². The van der Waals surface area contributed by atoms with E-state index >= 15 is 0 Å². The summed E-state index contributed by atoms with van der Waals surface area (Å²) in [6.07, 6.45) is 9.68. The molecule has 1 aromatic rings. The third-order valence-electron chi connectivity index (χ3n) is 7.25. The predicted octanol–water partition coefficient (Wildman–Crippen LogP) is 3.24. The van der Waals surface area contributed by atoms with Gasteiger partial charge >= 0.3 is 0 Å².